The van der Waals surface area contributed by atoms with Crippen LogP contribution in [0.5, 0.6) is 0 Å². The van der Waals surface area contributed by atoms with Gasteiger partial charge in [-0.1, -0.05) is 64.4 Å². The van der Waals surface area contributed by atoms with E-state index < -0.39 is 11.9 Å². The number of carbonyl (C=O) groups is 3. The fraction of sp³-hybridized carbons (Fsp3) is 0.147. The van der Waals surface area contributed by atoms with Crippen molar-refractivity contribution in [1.29, 1.82) is 0 Å². The van der Waals surface area contributed by atoms with Crippen LogP contribution in [0, 0.1) is 12.8 Å². The first-order valence-corrected chi connectivity index (χ1v) is 13.4. The summed E-state index contributed by atoms with van der Waals surface area (Å²) in [6.45, 7) is 6.81. The molecule has 1 atom stereocenters. The number of hydrogen-bond acceptors (Lipinski definition) is 8. The summed E-state index contributed by atoms with van der Waals surface area (Å²) in [4.78, 5) is 47.8. The number of aryl methyl sites for hydroxylation is 1. The highest BCUT2D eigenvalue weighted by Crippen LogP contribution is 2.35. The third-order valence-corrected chi connectivity index (χ3v) is 6.97. The molecule has 1 aliphatic heterocycles. The van der Waals surface area contributed by atoms with E-state index in [4.69, 9.17) is 9.68 Å². The van der Waals surface area contributed by atoms with Crippen molar-refractivity contribution in [1.82, 2.24) is 0 Å². The Morgan fingerprint density at radius 1 is 0.762 bits per heavy atom. The normalized spacial score (nSPS) is 14.7. The predicted molar refractivity (Wildman–Crippen MR) is 162 cm³/mol. The molecule has 0 aromatic heterocycles. The van der Waals surface area contributed by atoms with Gasteiger partial charge in [-0.2, -0.15) is 0 Å². The van der Waals surface area contributed by atoms with Gasteiger partial charge in [0.15, 0.2) is 5.78 Å². The van der Waals surface area contributed by atoms with Gasteiger partial charge in [-0.05, 0) is 74.9 Å². The van der Waals surface area contributed by atoms with Crippen LogP contribution in [0.1, 0.15) is 53.4 Å². The molecule has 1 heterocycles. The molecule has 0 fully saturated rings. The Kier molecular flexibility index (Phi) is 8.06. The van der Waals surface area contributed by atoms with Crippen LogP contribution in [0.3, 0.4) is 0 Å². The van der Waals surface area contributed by atoms with Crippen LogP contribution < -0.4 is 4.90 Å². The van der Waals surface area contributed by atoms with Gasteiger partial charge in [0.1, 0.15) is 11.6 Å². The Morgan fingerprint density at radius 2 is 1.24 bits per heavy atom. The Balaban J connectivity index is 1.49. The lowest BCUT2D eigenvalue weighted by atomic mass is 9.98. The number of oxime groups is 2. The van der Waals surface area contributed by atoms with Gasteiger partial charge >= 0.3 is 11.9 Å². The van der Waals surface area contributed by atoms with E-state index in [1.54, 1.807) is 13.8 Å². The molecule has 1 aliphatic rings. The first-order valence-electron chi connectivity index (χ1n) is 13.4. The first-order chi connectivity index (χ1) is 20.2. The van der Waals surface area contributed by atoms with Crippen molar-refractivity contribution in [2.45, 2.75) is 27.7 Å². The summed E-state index contributed by atoms with van der Waals surface area (Å²) < 4.78 is 0. The molecule has 4 aromatic carbocycles. The molecule has 4 aromatic rings. The molecule has 8 nitrogen and oxygen atoms in total. The van der Waals surface area contributed by atoms with Crippen molar-refractivity contribution in [2.75, 3.05) is 4.90 Å². The van der Waals surface area contributed by atoms with E-state index in [1.807, 2.05) is 109 Å². The quantitative estimate of drug-likeness (QED) is 0.101. The zero-order valence-electron chi connectivity index (χ0n) is 23.7. The number of anilines is 3. The van der Waals surface area contributed by atoms with Gasteiger partial charge in [-0.25, -0.2) is 9.59 Å². The van der Waals surface area contributed by atoms with Crippen LogP contribution in [-0.2, 0) is 19.3 Å². The van der Waals surface area contributed by atoms with Gasteiger partial charge in [0.2, 0.25) is 0 Å². The van der Waals surface area contributed by atoms with Crippen LogP contribution in [0.15, 0.2) is 107 Å². The highest BCUT2D eigenvalue weighted by Gasteiger charge is 2.29. The molecule has 0 N–H and O–H groups in total. The molecule has 0 saturated heterocycles. The van der Waals surface area contributed by atoms with Gasteiger partial charge < -0.3 is 14.6 Å². The number of carbonyl (C=O) groups excluding carboxylic acids is 3. The van der Waals surface area contributed by atoms with Crippen molar-refractivity contribution in [3.05, 3.63) is 125 Å². The lowest BCUT2D eigenvalue weighted by Crippen LogP contribution is -2.15. The van der Waals surface area contributed by atoms with Crippen molar-refractivity contribution >= 4 is 46.2 Å². The van der Waals surface area contributed by atoms with Crippen LogP contribution in [-0.4, -0.2) is 29.1 Å². The molecule has 8 heteroatoms. The Hall–Kier alpha value is -5.37. The average Bonchev–Trinajstić information content (AvgIpc) is 3.34. The third kappa shape index (κ3) is 6.02. The first kappa shape index (κ1) is 28.2. The average molecular weight is 560 g/mol. The smallest absolute Gasteiger partial charge is 0.318 e. The highest BCUT2D eigenvalue weighted by atomic mass is 16.7. The summed E-state index contributed by atoms with van der Waals surface area (Å²) in [7, 11) is 0. The van der Waals surface area contributed by atoms with Crippen molar-refractivity contribution in [2.24, 2.45) is 16.2 Å². The van der Waals surface area contributed by atoms with E-state index in [2.05, 4.69) is 10.3 Å². The number of ketones is 1. The van der Waals surface area contributed by atoms with Gasteiger partial charge in [-0.15, -0.1) is 0 Å². The van der Waals surface area contributed by atoms with E-state index in [1.165, 1.54) is 6.92 Å². The predicted octanol–water partition coefficient (Wildman–Crippen LogP) is 6.88. The molecule has 1 unspecified atom stereocenters. The molecule has 0 bridgehead atoms. The maximum absolute atomic E-state index is 13.1. The summed E-state index contributed by atoms with van der Waals surface area (Å²) in [5, 5.41) is 7.82. The van der Waals surface area contributed by atoms with Gasteiger partial charge in [0, 0.05) is 40.7 Å². The highest BCUT2D eigenvalue weighted by molar-refractivity contribution is 6.14. The van der Waals surface area contributed by atoms with E-state index >= 15 is 0 Å². The maximum atomic E-state index is 13.1. The third-order valence-electron chi connectivity index (χ3n) is 6.97. The molecule has 42 heavy (non-hydrogen) atoms. The monoisotopic (exact) mass is 559 g/mol. The second-order valence-electron chi connectivity index (χ2n) is 10.0. The molecular formula is C34H29N3O5. The summed E-state index contributed by atoms with van der Waals surface area (Å²) >= 11 is 0. The molecule has 0 radical (unpaired) electrons. The topological polar surface area (TPSA) is 97.6 Å². The van der Waals surface area contributed by atoms with Crippen LogP contribution >= 0.6 is 0 Å². The van der Waals surface area contributed by atoms with Gasteiger partial charge in [-0.3, -0.25) is 4.79 Å². The number of benzene rings is 4. The lowest BCUT2D eigenvalue weighted by molar-refractivity contribution is -0.143. The molecule has 5 rings (SSSR count). The zero-order valence-corrected chi connectivity index (χ0v) is 23.7. The molecule has 0 saturated carbocycles. The summed E-state index contributed by atoms with van der Waals surface area (Å²) in [6, 6.07) is 30.3. The molecular weight excluding hydrogens is 530 g/mol. The van der Waals surface area contributed by atoms with Gasteiger partial charge in [0.25, 0.3) is 0 Å². The minimum atomic E-state index is -0.487. The number of nitrogens with zero attached hydrogens (tertiary/aromatic N) is 3. The molecule has 0 amide bonds. The second-order valence-corrected chi connectivity index (χ2v) is 10.0. The van der Waals surface area contributed by atoms with Gasteiger partial charge in [0.05, 0.1) is 5.71 Å². The van der Waals surface area contributed by atoms with E-state index in [-0.39, 0.29) is 11.8 Å². The van der Waals surface area contributed by atoms with Crippen LogP contribution in [0.2, 0.25) is 0 Å². The minimum absolute atomic E-state index is 0.0485. The minimum Gasteiger partial charge on any atom is -0.318 e. The molecule has 0 spiro atoms. The Morgan fingerprint density at radius 3 is 1.71 bits per heavy atom. The standard InChI is InChI=1S/C34H29N3O5/c1-21-5-7-27(8-6-21)33(39)28-13-19-31(20-14-28)37(29-15-9-25(10-16-29)23(3)35-41-24(4)38)30-17-11-26(12-18-30)32-22(2)34(40)42-36-32/h5-20,22H,1-4H3/b35-23+. The maximum Gasteiger partial charge on any atom is 0.343 e. The SMILES string of the molecule is CC(=O)O/N=C(\C)c1ccc(N(c2ccc(C(=O)c3ccc(C)cc3)cc2)c2ccc(C3=NOC(=O)C3C)cc2)cc1. The van der Waals surface area contributed by atoms with Crippen molar-refractivity contribution in [3.63, 3.8) is 0 Å². The molecule has 0 aliphatic carbocycles. The fourth-order valence-electron chi connectivity index (χ4n) is 4.57. The number of rotatable bonds is 8. The zero-order chi connectivity index (χ0) is 29.8. The summed E-state index contributed by atoms with van der Waals surface area (Å²) in [6.07, 6.45) is 0. The summed E-state index contributed by atoms with van der Waals surface area (Å²) in [5.74, 6) is -1.34. The second kappa shape index (κ2) is 12.0. The van der Waals surface area contributed by atoms with Crippen molar-refractivity contribution in [3.8, 4) is 0 Å². The Labute approximate surface area is 243 Å². The fourth-order valence-corrected chi connectivity index (χ4v) is 4.57. The van der Waals surface area contributed by atoms with Crippen LogP contribution in [0.25, 0.3) is 0 Å². The van der Waals surface area contributed by atoms with Crippen molar-refractivity contribution < 1.29 is 24.1 Å². The van der Waals surface area contributed by atoms with E-state index in [0.29, 0.717) is 22.6 Å². The summed E-state index contributed by atoms with van der Waals surface area (Å²) in [5.41, 5.74) is 7.61. The lowest BCUT2D eigenvalue weighted by Gasteiger charge is -2.26. The van der Waals surface area contributed by atoms with Crippen LogP contribution in [0.4, 0.5) is 17.1 Å². The Bertz CT molecular complexity index is 1690. The largest absolute Gasteiger partial charge is 0.343 e. The molecule has 210 valence electrons. The number of hydrogen-bond donors (Lipinski definition) is 0. The van der Waals surface area contributed by atoms with E-state index in [0.717, 1.165) is 33.8 Å². The van der Waals surface area contributed by atoms with E-state index in [9.17, 15) is 14.4 Å².